The molecule has 1 unspecified atom stereocenters. The molecule has 0 bridgehead atoms. The van der Waals surface area contributed by atoms with Gasteiger partial charge in [0.05, 0.1) is 16.2 Å². The van der Waals surface area contributed by atoms with Crippen molar-refractivity contribution in [2.24, 2.45) is 11.8 Å². The van der Waals surface area contributed by atoms with Crippen molar-refractivity contribution in [3.05, 3.63) is 77.1 Å². The van der Waals surface area contributed by atoms with Crippen molar-refractivity contribution in [2.45, 2.75) is 80.6 Å². The van der Waals surface area contributed by atoms with E-state index in [0.717, 1.165) is 53.1 Å². The summed E-state index contributed by atoms with van der Waals surface area (Å²) < 4.78 is 23.5. The van der Waals surface area contributed by atoms with Crippen molar-refractivity contribution in [3.63, 3.8) is 0 Å². The summed E-state index contributed by atoms with van der Waals surface area (Å²) >= 11 is 6.34. The van der Waals surface area contributed by atoms with Gasteiger partial charge in [-0.1, -0.05) is 79.7 Å². The van der Waals surface area contributed by atoms with Crippen molar-refractivity contribution < 1.29 is 13.9 Å². The molecule has 0 amide bonds. The van der Waals surface area contributed by atoms with Gasteiger partial charge in [0, 0.05) is 35.0 Å². The van der Waals surface area contributed by atoms with Crippen LogP contribution in [0.5, 0.6) is 0 Å². The predicted molar refractivity (Wildman–Crippen MR) is 190 cm³/mol. The van der Waals surface area contributed by atoms with Gasteiger partial charge in [0.1, 0.15) is 4.88 Å². The van der Waals surface area contributed by atoms with Gasteiger partial charge < -0.3 is 4.74 Å². The van der Waals surface area contributed by atoms with Crippen LogP contribution in [0.25, 0.3) is 32.0 Å². The average molecular weight is 655 g/mol. The molecule has 0 aromatic carbocycles. The zero-order valence-electron chi connectivity index (χ0n) is 26.8. The number of esters is 1. The zero-order valence-corrected chi connectivity index (χ0v) is 30.1. The molecule has 2 nitrogen and oxygen atoms in total. The number of allylic oxidation sites excluding steroid dienone is 3. The summed E-state index contributed by atoms with van der Waals surface area (Å²) in [5.41, 5.74) is 3.14. The molecule has 7 heteroatoms. The second-order valence-electron chi connectivity index (χ2n) is 12.9. The minimum absolute atomic E-state index is 0.0569. The van der Waals surface area contributed by atoms with E-state index in [0.29, 0.717) is 11.3 Å². The lowest BCUT2D eigenvalue weighted by Gasteiger charge is -2.16. The first-order chi connectivity index (χ1) is 20.2. The molecule has 0 saturated carbocycles. The van der Waals surface area contributed by atoms with Gasteiger partial charge in [-0.3, -0.25) is 0 Å². The molecule has 0 spiro atoms. The van der Waals surface area contributed by atoms with Crippen LogP contribution in [0.1, 0.15) is 93.0 Å². The van der Waals surface area contributed by atoms with Crippen LogP contribution in [0.15, 0.2) is 42.0 Å². The highest BCUT2D eigenvalue weighted by Gasteiger charge is 2.31. The maximum absolute atomic E-state index is 16.1. The molecule has 4 rings (SSSR count). The Morgan fingerprint density at radius 2 is 1.79 bits per heavy atom. The third-order valence-corrected chi connectivity index (χ3v) is 12.7. The predicted octanol–water partition coefficient (Wildman–Crippen LogP) is 10.7. The van der Waals surface area contributed by atoms with E-state index in [9.17, 15) is 4.79 Å². The highest BCUT2D eigenvalue weighted by Crippen LogP contribution is 2.49. The first kappa shape index (κ1) is 33.6. The quantitative estimate of drug-likeness (QED) is 0.126. The van der Waals surface area contributed by atoms with Gasteiger partial charge in [-0.15, -0.1) is 45.3 Å². The highest BCUT2D eigenvalue weighted by molar-refractivity contribution is 7.29. The smallest absolute Gasteiger partial charge is 0.351 e. The summed E-state index contributed by atoms with van der Waals surface area (Å²) in [6.07, 6.45) is 3.88. The number of thiophene rings is 4. The fourth-order valence-electron chi connectivity index (χ4n) is 4.90. The Bertz CT molecular complexity index is 1790. The normalized spacial score (nSPS) is 13.5. The molecule has 0 N–H and O–H groups in total. The lowest BCUT2D eigenvalue weighted by molar-refractivity contribution is 0.0448. The molecule has 0 fully saturated rings. The van der Waals surface area contributed by atoms with Crippen LogP contribution >= 0.6 is 45.3 Å². The average Bonchev–Trinajstić information content (AvgIpc) is 3.69. The molecule has 4 aromatic heterocycles. The van der Waals surface area contributed by atoms with E-state index in [1.54, 1.807) is 22.7 Å². The Kier molecular flexibility index (Phi) is 10.4. The van der Waals surface area contributed by atoms with Gasteiger partial charge in [0.2, 0.25) is 0 Å². The maximum atomic E-state index is 16.1. The Labute approximate surface area is 271 Å². The number of carbonyl (C=O) groups is 1. The van der Waals surface area contributed by atoms with Gasteiger partial charge in [0.25, 0.3) is 0 Å². The lowest BCUT2D eigenvalue weighted by Crippen LogP contribution is -2.20. The van der Waals surface area contributed by atoms with Crippen molar-refractivity contribution >= 4 is 73.6 Å². The van der Waals surface area contributed by atoms with Gasteiger partial charge in [-0.05, 0) is 66.5 Å². The van der Waals surface area contributed by atoms with Crippen LogP contribution in [-0.2, 0) is 16.6 Å². The minimum atomic E-state index is -0.579. The number of carbonyl (C=O) groups excluding carboxylic acids is 1. The summed E-state index contributed by atoms with van der Waals surface area (Å²) in [5.74, 6) is -0.236. The van der Waals surface area contributed by atoms with E-state index in [-0.39, 0.29) is 22.8 Å². The highest BCUT2D eigenvalue weighted by atomic mass is 32.1. The molecule has 0 saturated heterocycles. The molecule has 230 valence electrons. The summed E-state index contributed by atoms with van der Waals surface area (Å²) in [4.78, 5) is 18.6. The van der Waals surface area contributed by atoms with Crippen LogP contribution < -0.4 is 9.75 Å². The number of rotatable bonds is 10. The van der Waals surface area contributed by atoms with E-state index < -0.39 is 11.8 Å². The number of hydrogen-bond donors (Lipinski definition) is 0. The van der Waals surface area contributed by atoms with E-state index in [1.807, 2.05) is 24.3 Å². The molecule has 0 aliphatic carbocycles. The number of fused-ring (bicyclic) bond motifs is 1. The second kappa shape index (κ2) is 13.4. The monoisotopic (exact) mass is 654 g/mol. The molecular formula is C36H43FO2S4. The number of hydrogen-bond acceptors (Lipinski definition) is 6. The van der Waals surface area contributed by atoms with Crippen molar-refractivity contribution in [2.75, 3.05) is 6.61 Å². The number of halogens is 1. The maximum Gasteiger partial charge on any atom is 0.351 e. The summed E-state index contributed by atoms with van der Waals surface area (Å²) in [7, 11) is 0. The SMILES string of the molecule is C=CC(=C(C)C)/C(c1ccc(CC(C)C)s1)=c1/sc(-c2sc(C(C)(C)C)c3c(F)c(C(=O)OCC(C)CC)sc23)cc1=C. The van der Waals surface area contributed by atoms with Gasteiger partial charge in [-0.25, -0.2) is 9.18 Å². The summed E-state index contributed by atoms with van der Waals surface area (Å²) in [5, 5.41) is 1.48. The molecule has 1 atom stereocenters. The van der Waals surface area contributed by atoms with E-state index in [1.165, 1.54) is 26.7 Å². The van der Waals surface area contributed by atoms with Crippen molar-refractivity contribution in [3.8, 4) is 9.75 Å². The van der Waals surface area contributed by atoms with Crippen molar-refractivity contribution in [1.29, 1.82) is 0 Å². The topological polar surface area (TPSA) is 26.3 Å². The molecule has 0 aliphatic rings. The third kappa shape index (κ3) is 7.00. The van der Waals surface area contributed by atoms with Crippen LogP contribution in [0.2, 0.25) is 0 Å². The molecule has 0 radical (unpaired) electrons. The standard InChI is InChI=1S/C36H43FO2S4/c1-12-21(7)18-39-35(38)33-29(37)28-32(42-33)31(43-34(28)36(9,10)11)26-17-22(8)30(41-26)27(24(13-2)20(5)6)25-15-14-23(40-25)16-19(3)4/h13-15,17,19,21H,2,8,12,16,18H2,1,3-7,9-11H3/b30-27-. The molecular weight excluding hydrogens is 612 g/mol. The van der Waals surface area contributed by atoms with Crippen LogP contribution in [-0.4, -0.2) is 12.6 Å². The van der Waals surface area contributed by atoms with Crippen molar-refractivity contribution in [1.82, 2.24) is 0 Å². The Balaban J connectivity index is 1.97. The van der Waals surface area contributed by atoms with Crippen LogP contribution in [0, 0.1) is 17.7 Å². The fraction of sp³-hybridized carbons (Fsp3) is 0.417. The van der Waals surface area contributed by atoms with Gasteiger partial charge >= 0.3 is 5.97 Å². The number of ether oxygens (including phenoxy) is 1. The first-order valence-corrected chi connectivity index (χ1v) is 18.1. The van der Waals surface area contributed by atoms with Crippen LogP contribution in [0.4, 0.5) is 4.39 Å². The molecule has 43 heavy (non-hydrogen) atoms. The van der Waals surface area contributed by atoms with E-state index in [2.05, 4.69) is 86.7 Å². The largest absolute Gasteiger partial charge is 0.461 e. The van der Waals surface area contributed by atoms with Crippen LogP contribution in [0.3, 0.4) is 0 Å². The molecule has 4 heterocycles. The zero-order chi connectivity index (χ0) is 31.8. The lowest BCUT2D eigenvalue weighted by atomic mass is 9.92. The third-order valence-electron chi connectivity index (χ3n) is 7.34. The van der Waals surface area contributed by atoms with E-state index >= 15 is 4.39 Å². The Hall–Kier alpha value is -2.32. The summed E-state index contributed by atoms with van der Waals surface area (Å²) in [6.45, 7) is 28.0. The fourth-order valence-corrected chi connectivity index (χ4v) is 10.2. The van der Waals surface area contributed by atoms with Gasteiger partial charge in [-0.2, -0.15) is 0 Å². The molecule has 0 aliphatic heterocycles. The summed E-state index contributed by atoms with van der Waals surface area (Å²) in [6, 6.07) is 6.57. The Morgan fingerprint density at radius 3 is 2.37 bits per heavy atom. The van der Waals surface area contributed by atoms with Gasteiger partial charge in [0.15, 0.2) is 5.82 Å². The van der Waals surface area contributed by atoms with E-state index in [4.69, 9.17) is 4.74 Å². The second-order valence-corrected chi connectivity index (χ2v) is 17.2. The first-order valence-electron chi connectivity index (χ1n) is 14.8. The molecule has 4 aromatic rings. The minimum Gasteiger partial charge on any atom is -0.461 e. The Morgan fingerprint density at radius 1 is 1.09 bits per heavy atom.